The minimum absolute atomic E-state index is 0.117. The van der Waals surface area contributed by atoms with Crippen LogP contribution in [0.2, 0.25) is 0 Å². The van der Waals surface area contributed by atoms with Gasteiger partial charge in [0.1, 0.15) is 17.1 Å². The summed E-state index contributed by atoms with van der Waals surface area (Å²) in [6.45, 7) is 1.68. The van der Waals surface area contributed by atoms with Crippen molar-refractivity contribution in [3.8, 4) is 5.75 Å². The zero-order chi connectivity index (χ0) is 13.3. The normalized spacial score (nSPS) is 26.2. The van der Waals surface area contributed by atoms with E-state index in [9.17, 15) is 4.79 Å². The Morgan fingerprint density at radius 1 is 1.37 bits per heavy atom. The first-order chi connectivity index (χ1) is 9.24. The number of amides is 1. The number of para-hydroxylation sites is 1. The average Bonchev–Trinajstić information content (AvgIpc) is 2.76. The van der Waals surface area contributed by atoms with Gasteiger partial charge in [0.15, 0.2) is 0 Å². The lowest BCUT2D eigenvalue weighted by molar-refractivity contribution is -0.115. The molecule has 0 unspecified atom stereocenters. The molecular weight excluding hydrogens is 242 g/mol. The van der Waals surface area contributed by atoms with Crippen LogP contribution in [0.4, 0.5) is 0 Å². The smallest absolute Gasteiger partial charge is 0.272 e. The van der Waals surface area contributed by atoms with Crippen LogP contribution in [-0.4, -0.2) is 37.5 Å². The lowest BCUT2D eigenvalue weighted by atomic mass is 10.0. The number of carbonyl (C=O) groups excluding carboxylic acids is 1. The second kappa shape index (κ2) is 4.66. The summed E-state index contributed by atoms with van der Waals surface area (Å²) in [4.78, 5) is 16.8. The Hall–Kier alpha value is -1.88. The van der Waals surface area contributed by atoms with Gasteiger partial charge in [-0.1, -0.05) is 12.1 Å². The molecule has 19 heavy (non-hydrogen) atoms. The minimum atomic E-state index is -0.467. The van der Waals surface area contributed by atoms with Gasteiger partial charge in [0.05, 0.1) is 7.11 Å². The van der Waals surface area contributed by atoms with Gasteiger partial charge >= 0.3 is 0 Å². The second-order valence-electron chi connectivity index (χ2n) is 4.93. The third kappa shape index (κ3) is 2.10. The molecule has 2 N–H and O–H groups in total. The molecule has 0 bridgehead atoms. The maximum atomic E-state index is 12.2. The predicted octanol–water partition coefficient (Wildman–Crippen LogP) is 0.694. The fourth-order valence-electron chi connectivity index (χ4n) is 2.68. The number of nitrogens with zero attached hydrogens (tertiary/aromatic N) is 1. The van der Waals surface area contributed by atoms with Gasteiger partial charge in [-0.2, -0.15) is 0 Å². The molecule has 3 rings (SSSR count). The molecule has 0 aromatic heterocycles. The van der Waals surface area contributed by atoms with Crippen molar-refractivity contribution in [2.45, 2.75) is 18.5 Å². The number of hydrogen-bond acceptors (Lipinski definition) is 4. The number of ether oxygens (including phenoxy) is 1. The number of methoxy groups -OCH3 is 1. The zero-order valence-electron chi connectivity index (χ0n) is 10.9. The van der Waals surface area contributed by atoms with E-state index in [2.05, 4.69) is 15.6 Å². The average molecular weight is 259 g/mol. The Morgan fingerprint density at radius 2 is 2.21 bits per heavy atom. The molecule has 1 atom stereocenters. The standard InChI is InChI=1S/C14H17N3O2/c1-19-11-6-3-2-5-10(11)12-13(18)17-14(16-12)7-4-8-15-9-14/h2-3,5-6,15H,4,7-9H2,1H3,(H,17,18)/t14-/m0/s1. The zero-order valence-corrected chi connectivity index (χ0v) is 10.9. The van der Waals surface area contributed by atoms with E-state index >= 15 is 0 Å². The lowest BCUT2D eigenvalue weighted by Gasteiger charge is -2.30. The number of nitrogens with one attached hydrogen (secondary N) is 2. The molecule has 5 nitrogen and oxygen atoms in total. The van der Waals surface area contributed by atoms with Crippen LogP contribution in [-0.2, 0) is 4.79 Å². The van der Waals surface area contributed by atoms with E-state index in [0.717, 1.165) is 24.9 Å². The first-order valence-electron chi connectivity index (χ1n) is 6.51. The van der Waals surface area contributed by atoms with E-state index in [0.29, 0.717) is 18.0 Å². The van der Waals surface area contributed by atoms with Crippen LogP contribution >= 0.6 is 0 Å². The molecular formula is C14H17N3O2. The molecule has 2 aliphatic rings. The quantitative estimate of drug-likeness (QED) is 0.821. The van der Waals surface area contributed by atoms with Gasteiger partial charge in [-0.15, -0.1) is 0 Å². The summed E-state index contributed by atoms with van der Waals surface area (Å²) >= 11 is 0. The largest absolute Gasteiger partial charge is 0.496 e. The number of piperidine rings is 1. The molecule has 1 saturated heterocycles. The van der Waals surface area contributed by atoms with Crippen molar-refractivity contribution in [1.29, 1.82) is 0 Å². The van der Waals surface area contributed by atoms with E-state index in [4.69, 9.17) is 4.74 Å². The predicted molar refractivity (Wildman–Crippen MR) is 72.5 cm³/mol. The molecule has 1 aromatic carbocycles. The van der Waals surface area contributed by atoms with Crippen LogP contribution in [0.5, 0.6) is 5.75 Å². The Morgan fingerprint density at radius 3 is 2.95 bits per heavy atom. The van der Waals surface area contributed by atoms with Gasteiger partial charge in [-0.3, -0.25) is 4.79 Å². The summed E-state index contributed by atoms with van der Waals surface area (Å²) in [7, 11) is 1.60. The van der Waals surface area contributed by atoms with E-state index in [1.54, 1.807) is 7.11 Å². The van der Waals surface area contributed by atoms with Crippen LogP contribution in [0.1, 0.15) is 18.4 Å². The van der Waals surface area contributed by atoms with Crippen LogP contribution in [0, 0.1) is 0 Å². The van der Waals surface area contributed by atoms with E-state index in [1.165, 1.54) is 0 Å². The fraction of sp³-hybridized carbons (Fsp3) is 0.429. The summed E-state index contributed by atoms with van der Waals surface area (Å²) in [6.07, 6.45) is 1.90. The molecule has 1 fully saturated rings. The van der Waals surface area contributed by atoms with Crippen LogP contribution in [0.3, 0.4) is 0 Å². The SMILES string of the molecule is COc1ccccc1C1=N[C@@]2(CCCNC2)NC1=O. The van der Waals surface area contributed by atoms with Crippen molar-refractivity contribution < 1.29 is 9.53 Å². The van der Waals surface area contributed by atoms with Gasteiger partial charge in [0, 0.05) is 12.1 Å². The Balaban J connectivity index is 1.99. The van der Waals surface area contributed by atoms with Crippen molar-refractivity contribution in [3.63, 3.8) is 0 Å². The van der Waals surface area contributed by atoms with Gasteiger partial charge < -0.3 is 15.4 Å². The highest BCUT2D eigenvalue weighted by Gasteiger charge is 2.41. The maximum absolute atomic E-state index is 12.2. The highest BCUT2D eigenvalue weighted by atomic mass is 16.5. The van der Waals surface area contributed by atoms with Crippen molar-refractivity contribution in [3.05, 3.63) is 29.8 Å². The summed E-state index contributed by atoms with van der Waals surface area (Å²) in [5.74, 6) is 0.561. The maximum Gasteiger partial charge on any atom is 0.272 e. The van der Waals surface area contributed by atoms with Crippen molar-refractivity contribution in [2.24, 2.45) is 4.99 Å². The van der Waals surface area contributed by atoms with Crippen LogP contribution < -0.4 is 15.4 Å². The summed E-state index contributed by atoms with van der Waals surface area (Å²) in [5.41, 5.74) is 0.761. The minimum Gasteiger partial charge on any atom is -0.496 e. The summed E-state index contributed by atoms with van der Waals surface area (Å²) in [5, 5.41) is 6.29. The fourth-order valence-corrected chi connectivity index (χ4v) is 2.68. The van der Waals surface area contributed by atoms with Gasteiger partial charge in [-0.05, 0) is 31.5 Å². The molecule has 2 heterocycles. The van der Waals surface area contributed by atoms with Crippen molar-refractivity contribution in [2.75, 3.05) is 20.2 Å². The molecule has 5 heteroatoms. The number of rotatable bonds is 2. The molecule has 0 radical (unpaired) electrons. The summed E-state index contributed by atoms with van der Waals surface area (Å²) in [6, 6.07) is 7.48. The number of carbonyl (C=O) groups is 1. The van der Waals surface area contributed by atoms with Crippen molar-refractivity contribution >= 4 is 11.6 Å². The first-order valence-corrected chi connectivity index (χ1v) is 6.51. The second-order valence-corrected chi connectivity index (χ2v) is 4.93. The Labute approximate surface area is 112 Å². The third-order valence-corrected chi connectivity index (χ3v) is 3.61. The molecule has 1 spiro atoms. The first kappa shape index (κ1) is 12.2. The van der Waals surface area contributed by atoms with Crippen LogP contribution in [0.15, 0.2) is 29.3 Å². The number of aliphatic imine (C=N–C) groups is 1. The monoisotopic (exact) mass is 259 g/mol. The molecule has 0 aliphatic carbocycles. The van der Waals surface area contributed by atoms with E-state index in [-0.39, 0.29) is 5.91 Å². The third-order valence-electron chi connectivity index (χ3n) is 3.61. The highest BCUT2D eigenvalue weighted by molar-refractivity contribution is 6.47. The van der Waals surface area contributed by atoms with E-state index < -0.39 is 5.66 Å². The van der Waals surface area contributed by atoms with Gasteiger partial charge in [0.2, 0.25) is 0 Å². The van der Waals surface area contributed by atoms with Crippen LogP contribution in [0.25, 0.3) is 0 Å². The number of hydrogen-bond donors (Lipinski definition) is 2. The molecule has 1 amide bonds. The lowest BCUT2D eigenvalue weighted by Crippen LogP contribution is -2.53. The molecule has 0 saturated carbocycles. The Kier molecular flexibility index (Phi) is 2.98. The summed E-state index contributed by atoms with van der Waals surface area (Å²) < 4.78 is 5.31. The Bertz CT molecular complexity index is 533. The van der Waals surface area contributed by atoms with Gasteiger partial charge in [-0.25, -0.2) is 4.99 Å². The number of benzene rings is 1. The molecule has 1 aromatic rings. The van der Waals surface area contributed by atoms with Crippen molar-refractivity contribution in [1.82, 2.24) is 10.6 Å². The topological polar surface area (TPSA) is 62.7 Å². The highest BCUT2D eigenvalue weighted by Crippen LogP contribution is 2.27. The van der Waals surface area contributed by atoms with E-state index in [1.807, 2.05) is 24.3 Å². The van der Waals surface area contributed by atoms with Gasteiger partial charge in [0.25, 0.3) is 5.91 Å². The molecule has 100 valence electrons. The molecule has 2 aliphatic heterocycles.